The zero-order valence-electron chi connectivity index (χ0n) is 15.7. The lowest BCUT2D eigenvalue weighted by molar-refractivity contribution is -0.274. The van der Waals surface area contributed by atoms with E-state index in [0.717, 1.165) is 11.0 Å². The largest absolute Gasteiger partial charge is 0.573 e. The number of hydrogen-bond donors (Lipinski definition) is 0. The molecular formula is C20H17ClF5NO3. The molecule has 0 N–H and O–H groups in total. The highest BCUT2D eigenvalue weighted by Gasteiger charge is 2.43. The molecule has 0 spiro atoms. The molecule has 2 aromatic carbocycles. The van der Waals surface area contributed by atoms with E-state index in [-0.39, 0.29) is 35.9 Å². The van der Waals surface area contributed by atoms with Crippen molar-refractivity contribution in [3.63, 3.8) is 0 Å². The maximum Gasteiger partial charge on any atom is 0.573 e. The van der Waals surface area contributed by atoms with Crippen LogP contribution < -0.4 is 9.47 Å². The normalized spacial score (nSPS) is 19.3. The van der Waals surface area contributed by atoms with Gasteiger partial charge in [0.1, 0.15) is 17.3 Å². The lowest BCUT2D eigenvalue weighted by atomic mass is 10.0. The predicted octanol–water partition coefficient (Wildman–Crippen LogP) is 5.59. The van der Waals surface area contributed by atoms with E-state index in [1.54, 1.807) is 6.92 Å². The monoisotopic (exact) mass is 449 g/mol. The molecule has 30 heavy (non-hydrogen) atoms. The topological polar surface area (TPSA) is 38.8 Å². The summed E-state index contributed by atoms with van der Waals surface area (Å²) in [6.45, 7) is 1.76. The van der Waals surface area contributed by atoms with E-state index < -0.39 is 36.0 Å². The van der Waals surface area contributed by atoms with Gasteiger partial charge in [0.2, 0.25) is 0 Å². The molecule has 2 aromatic rings. The number of rotatable bonds is 6. The minimum atomic E-state index is -4.91. The number of halogens is 6. The van der Waals surface area contributed by atoms with Crippen molar-refractivity contribution in [3.05, 3.63) is 58.4 Å². The van der Waals surface area contributed by atoms with Gasteiger partial charge in [0.05, 0.1) is 23.2 Å². The van der Waals surface area contributed by atoms with Crippen LogP contribution in [-0.4, -0.2) is 29.9 Å². The summed E-state index contributed by atoms with van der Waals surface area (Å²) in [6, 6.07) is 6.67. The van der Waals surface area contributed by atoms with Crippen LogP contribution in [0.15, 0.2) is 36.4 Å². The van der Waals surface area contributed by atoms with Gasteiger partial charge < -0.3 is 14.4 Å². The summed E-state index contributed by atoms with van der Waals surface area (Å²) < 4.78 is 75.3. The minimum absolute atomic E-state index is 0.0518. The highest BCUT2D eigenvalue weighted by atomic mass is 35.5. The minimum Gasteiger partial charge on any atom is -0.493 e. The first-order valence-corrected chi connectivity index (χ1v) is 9.38. The number of amides is 1. The van der Waals surface area contributed by atoms with Crippen LogP contribution in [0.4, 0.5) is 22.0 Å². The quantitative estimate of drug-likeness (QED) is 0.540. The Morgan fingerprint density at radius 2 is 1.93 bits per heavy atom. The fraction of sp³-hybridized carbons (Fsp3) is 0.350. The molecule has 0 saturated carbocycles. The van der Waals surface area contributed by atoms with Crippen molar-refractivity contribution in [1.82, 2.24) is 4.90 Å². The van der Waals surface area contributed by atoms with Crippen molar-refractivity contribution in [2.24, 2.45) is 0 Å². The SMILES string of the molecule is CCOc1cccc(F)c1C1CC(F)C(=O)N1Cc1ccc(OC(F)(F)F)c(Cl)c1. The van der Waals surface area contributed by atoms with Crippen LogP contribution in [0, 0.1) is 5.82 Å². The number of benzene rings is 2. The second-order valence-corrected chi connectivity index (χ2v) is 6.99. The number of hydrogen-bond acceptors (Lipinski definition) is 3. The van der Waals surface area contributed by atoms with Crippen LogP contribution in [0.5, 0.6) is 11.5 Å². The van der Waals surface area contributed by atoms with E-state index in [1.807, 2.05) is 0 Å². The molecule has 0 bridgehead atoms. The van der Waals surface area contributed by atoms with E-state index in [1.165, 1.54) is 30.3 Å². The summed E-state index contributed by atoms with van der Waals surface area (Å²) in [7, 11) is 0. The van der Waals surface area contributed by atoms with Crippen LogP contribution in [0.2, 0.25) is 5.02 Å². The third-order valence-corrected chi connectivity index (χ3v) is 4.87. The van der Waals surface area contributed by atoms with Gasteiger partial charge >= 0.3 is 6.36 Å². The Labute approximate surface area is 174 Å². The van der Waals surface area contributed by atoms with Crippen LogP contribution in [0.3, 0.4) is 0 Å². The van der Waals surface area contributed by atoms with Gasteiger partial charge in [-0.2, -0.15) is 0 Å². The highest BCUT2D eigenvalue weighted by molar-refractivity contribution is 6.32. The molecule has 0 aromatic heterocycles. The Morgan fingerprint density at radius 1 is 1.20 bits per heavy atom. The summed E-state index contributed by atoms with van der Waals surface area (Å²) in [5, 5.41) is -0.328. The fourth-order valence-corrected chi connectivity index (χ4v) is 3.63. The molecule has 2 atom stereocenters. The average molecular weight is 450 g/mol. The van der Waals surface area contributed by atoms with E-state index in [2.05, 4.69) is 4.74 Å². The second-order valence-electron chi connectivity index (χ2n) is 6.58. The lowest BCUT2D eigenvalue weighted by Crippen LogP contribution is -2.30. The lowest BCUT2D eigenvalue weighted by Gasteiger charge is -2.27. The molecule has 10 heteroatoms. The molecule has 0 aliphatic carbocycles. The first kappa shape index (κ1) is 22.1. The van der Waals surface area contributed by atoms with Gasteiger partial charge in [0, 0.05) is 13.0 Å². The van der Waals surface area contributed by atoms with Gasteiger partial charge in [-0.25, -0.2) is 8.78 Å². The summed E-state index contributed by atoms with van der Waals surface area (Å²) >= 11 is 5.85. The fourth-order valence-electron chi connectivity index (χ4n) is 3.39. The molecule has 162 valence electrons. The third-order valence-electron chi connectivity index (χ3n) is 4.58. The maximum atomic E-state index is 14.6. The Bertz CT molecular complexity index is 937. The Kier molecular flexibility index (Phi) is 6.40. The summed E-state index contributed by atoms with van der Waals surface area (Å²) in [5.41, 5.74) is 0.382. The van der Waals surface area contributed by atoms with Crippen LogP contribution in [0.1, 0.15) is 30.5 Å². The van der Waals surface area contributed by atoms with Crippen molar-refractivity contribution in [3.8, 4) is 11.5 Å². The molecule has 2 unspecified atom stereocenters. The molecule has 1 fully saturated rings. The molecule has 0 radical (unpaired) electrons. The number of likely N-dealkylation sites (tertiary alicyclic amines) is 1. The van der Waals surface area contributed by atoms with Gasteiger partial charge in [0.15, 0.2) is 6.17 Å². The first-order chi connectivity index (χ1) is 14.1. The summed E-state index contributed by atoms with van der Waals surface area (Å²) in [4.78, 5) is 13.5. The number of carbonyl (C=O) groups excluding carboxylic acids is 1. The predicted molar refractivity (Wildman–Crippen MR) is 98.5 cm³/mol. The molecule has 1 aliphatic heterocycles. The standard InChI is InChI=1S/C20H17ClF5NO3/c1-2-29-17-5-3-4-13(22)18(17)15-9-14(23)19(28)27(15)10-11-6-7-16(12(21)8-11)30-20(24,25)26/h3-8,14-15H,2,9-10H2,1H3. The Morgan fingerprint density at radius 3 is 2.57 bits per heavy atom. The Balaban J connectivity index is 1.91. The van der Waals surface area contributed by atoms with Gasteiger partial charge in [0.25, 0.3) is 5.91 Å². The highest BCUT2D eigenvalue weighted by Crippen LogP contribution is 2.41. The second kappa shape index (κ2) is 8.67. The van der Waals surface area contributed by atoms with Crippen molar-refractivity contribution in [2.75, 3.05) is 6.61 Å². The van der Waals surface area contributed by atoms with Crippen LogP contribution in [-0.2, 0) is 11.3 Å². The number of ether oxygens (including phenoxy) is 2. The van der Waals surface area contributed by atoms with Gasteiger partial charge in [-0.3, -0.25) is 4.79 Å². The van der Waals surface area contributed by atoms with E-state index >= 15 is 0 Å². The van der Waals surface area contributed by atoms with E-state index in [9.17, 15) is 26.7 Å². The number of nitrogens with zero attached hydrogens (tertiary/aromatic N) is 1. The van der Waals surface area contributed by atoms with Crippen LogP contribution in [0.25, 0.3) is 0 Å². The molecule has 4 nitrogen and oxygen atoms in total. The molecule has 1 aliphatic rings. The van der Waals surface area contributed by atoms with Crippen molar-refractivity contribution < 1.29 is 36.2 Å². The van der Waals surface area contributed by atoms with Crippen molar-refractivity contribution in [2.45, 2.75) is 38.5 Å². The summed E-state index contributed by atoms with van der Waals surface area (Å²) in [5.74, 6) is -1.91. The molecule has 3 rings (SSSR count). The Hall–Kier alpha value is -2.55. The zero-order valence-corrected chi connectivity index (χ0v) is 16.4. The smallest absolute Gasteiger partial charge is 0.493 e. The average Bonchev–Trinajstić information content (AvgIpc) is 2.91. The van der Waals surface area contributed by atoms with Crippen LogP contribution >= 0.6 is 11.6 Å². The number of carbonyl (C=O) groups is 1. The van der Waals surface area contributed by atoms with E-state index in [4.69, 9.17) is 16.3 Å². The molecule has 1 saturated heterocycles. The zero-order chi connectivity index (χ0) is 22.1. The van der Waals surface area contributed by atoms with Crippen molar-refractivity contribution in [1.29, 1.82) is 0 Å². The first-order valence-electron chi connectivity index (χ1n) is 9.00. The molecular weight excluding hydrogens is 433 g/mol. The van der Waals surface area contributed by atoms with Gasteiger partial charge in [-0.1, -0.05) is 23.7 Å². The third kappa shape index (κ3) is 4.77. The maximum absolute atomic E-state index is 14.6. The number of alkyl halides is 4. The molecule has 1 amide bonds. The molecule has 1 heterocycles. The summed E-state index contributed by atoms with van der Waals surface area (Å²) in [6.07, 6.45) is -7.03. The van der Waals surface area contributed by atoms with E-state index in [0.29, 0.717) is 5.56 Å². The van der Waals surface area contributed by atoms with Crippen molar-refractivity contribution >= 4 is 17.5 Å². The van der Waals surface area contributed by atoms with Gasteiger partial charge in [-0.05, 0) is 36.8 Å². The van der Waals surface area contributed by atoms with Gasteiger partial charge in [-0.15, -0.1) is 13.2 Å².